The van der Waals surface area contributed by atoms with E-state index in [0.717, 1.165) is 75.3 Å². The Morgan fingerprint density at radius 3 is 2.44 bits per heavy atom. The second-order valence-electron chi connectivity index (χ2n) is 12.5. The van der Waals surface area contributed by atoms with Crippen LogP contribution in [0.25, 0.3) is 11.4 Å². The number of aryl methyl sites for hydroxylation is 3. The lowest BCUT2D eigenvalue weighted by Crippen LogP contribution is -2.54. The van der Waals surface area contributed by atoms with Crippen molar-refractivity contribution in [3.63, 3.8) is 0 Å². The lowest BCUT2D eigenvalue weighted by atomic mass is 9.80. The number of amides is 1. The normalized spacial score (nSPS) is 20.5. The number of carbonyl (C=O) groups excluding carboxylic acids is 1. The van der Waals surface area contributed by atoms with Gasteiger partial charge in [-0.3, -0.25) is 9.69 Å². The van der Waals surface area contributed by atoms with Gasteiger partial charge >= 0.3 is 0 Å². The van der Waals surface area contributed by atoms with Crippen molar-refractivity contribution in [3.8, 4) is 11.4 Å². The lowest BCUT2D eigenvalue weighted by molar-refractivity contribution is -0.119. The maximum absolute atomic E-state index is 11.7. The van der Waals surface area contributed by atoms with Gasteiger partial charge in [-0.2, -0.15) is 0 Å². The van der Waals surface area contributed by atoms with Gasteiger partial charge < -0.3 is 20.3 Å². The van der Waals surface area contributed by atoms with E-state index in [1.54, 1.807) is 0 Å². The molecule has 8 heteroatoms. The summed E-state index contributed by atoms with van der Waals surface area (Å²) in [5, 5.41) is 0. The molecule has 2 saturated heterocycles. The maximum Gasteiger partial charge on any atom is 0.231 e. The quantitative estimate of drug-likeness (QED) is 0.494. The molecule has 1 amide bonds. The molecule has 1 aromatic heterocycles. The van der Waals surface area contributed by atoms with Crippen LogP contribution in [0, 0.1) is 20.8 Å². The Morgan fingerprint density at radius 1 is 1.02 bits per heavy atom. The minimum Gasteiger partial charge on any atom is -0.379 e. The molecule has 0 aliphatic carbocycles. The van der Waals surface area contributed by atoms with E-state index in [4.69, 9.17) is 20.4 Å². The highest BCUT2D eigenvalue weighted by Crippen LogP contribution is 2.38. The summed E-state index contributed by atoms with van der Waals surface area (Å²) < 4.78 is 5.57. The van der Waals surface area contributed by atoms with E-state index in [-0.39, 0.29) is 23.9 Å². The molecular formula is C33H42N6O2. The molecule has 2 N–H and O–H groups in total. The number of nitrogens with zero attached hydrogens (tertiary/aromatic N) is 5. The van der Waals surface area contributed by atoms with E-state index >= 15 is 0 Å². The average molecular weight is 555 g/mol. The fourth-order valence-corrected chi connectivity index (χ4v) is 6.67. The zero-order valence-electron chi connectivity index (χ0n) is 25.0. The largest absolute Gasteiger partial charge is 0.379 e. The summed E-state index contributed by atoms with van der Waals surface area (Å²) in [5.41, 5.74) is 15.4. The molecule has 1 atom stereocenters. The predicted octanol–water partition coefficient (Wildman–Crippen LogP) is 3.92. The molecule has 2 aromatic carbocycles. The molecule has 0 unspecified atom stereocenters. The highest BCUT2D eigenvalue weighted by Gasteiger charge is 2.36. The third-order valence-corrected chi connectivity index (χ3v) is 9.25. The second kappa shape index (κ2) is 10.7. The molecule has 3 aromatic rings. The number of fused-ring (bicyclic) bond motifs is 1. The van der Waals surface area contributed by atoms with E-state index in [1.165, 1.54) is 33.5 Å². The number of hydrogen-bond donors (Lipinski definition) is 1. The Labute approximate surface area is 243 Å². The van der Waals surface area contributed by atoms with Crippen molar-refractivity contribution < 1.29 is 9.53 Å². The first-order valence-corrected chi connectivity index (χ1v) is 14.8. The second-order valence-corrected chi connectivity index (χ2v) is 12.5. The standard InChI is InChI=1S/C33H42N6O2/c1-21-9-10-25(33(5)19-41-20-33)15-28(21)38-12-11-27-26(17-38)32(39-14-13-37(18-29(34)40)24(4)16-39)36-31(35-27)30-22(2)7-6-8-23(30)3/h6-10,15,24H,11-14,16-20H2,1-5H3,(H2,34,40)/t24-/m1/s1. The summed E-state index contributed by atoms with van der Waals surface area (Å²) in [5.74, 6) is 1.56. The SMILES string of the molecule is Cc1ccc(C2(C)COC2)cc1N1CCc2nc(-c3c(C)cccc3C)nc(N3CCN(CC(N)=O)[C@H](C)C3)c2C1. The number of carbonyl (C=O) groups is 1. The predicted molar refractivity (Wildman–Crippen MR) is 163 cm³/mol. The number of ether oxygens (including phenoxy) is 1. The van der Waals surface area contributed by atoms with Gasteiger partial charge in [-0.25, -0.2) is 9.97 Å². The Morgan fingerprint density at radius 2 is 1.78 bits per heavy atom. The van der Waals surface area contributed by atoms with E-state index in [9.17, 15) is 4.79 Å². The molecule has 3 aliphatic rings. The Bertz CT molecular complexity index is 1460. The van der Waals surface area contributed by atoms with E-state index in [1.807, 2.05) is 0 Å². The first kappa shape index (κ1) is 27.7. The van der Waals surface area contributed by atoms with Crippen LogP contribution in [0.2, 0.25) is 0 Å². The van der Waals surface area contributed by atoms with Gasteiger partial charge in [0.1, 0.15) is 5.82 Å². The average Bonchev–Trinajstić information content (AvgIpc) is 2.92. The summed E-state index contributed by atoms with van der Waals surface area (Å²) >= 11 is 0. The fourth-order valence-electron chi connectivity index (χ4n) is 6.67. The first-order chi connectivity index (χ1) is 19.6. The zero-order chi connectivity index (χ0) is 28.9. The van der Waals surface area contributed by atoms with Crippen LogP contribution in [0.15, 0.2) is 36.4 Å². The minimum absolute atomic E-state index is 0.0887. The van der Waals surface area contributed by atoms with Crippen LogP contribution >= 0.6 is 0 Å². The van der Waals surface area contributed by atoms with Crippen molar-refractivity contribution in [3.05, 3.63) is 69.9 Å². The van der Waals surface area contributed by atoms with Gasteiger partial charge in [-0.1, -0.05) is 37.3 Å². The van der Waals surface area contributed by atoms with Gasteiger partial charge in [0.25, 0.3) is 0 Å². The van der Waals surface area contributed by atoms with Gasteiger partial charge in [-0.05, 0) is 56.0 Å². The summed E-state index contributed by atoms with van der Waals surface area (Å²) in [6.07, 6.45) is 0.865. The molecule has 41 heavy (non-hydrogen) atoms. The minimum atomic E-state index is -0.280. The monoisotopic (exact) mass is 554 g/mol. The number of hydrogen-bond acceptors (Lipinski definition) is 7. The van der Waals surface area contributed by atoms with Gasteiger partial charge in [0.15, 0.2) is 5.82 Å². The molecule has 0 spiro atoms. The molecular weight excluding hydrogens is 512 g/mol. The molecule has 0 saturated carbocycles. The van der Waals surface area contributed by atoms with Crippen LogP contribution < -0.4 is 15.5 Å². The summed E-state index contributed by atoms with van der Waals surface area (Å²) in [6.45, 7) is 16.8. The third-order valence-electron chi connectivity index (χ3n) is 9.25. The number of piperazine rings is 1. The number of nitrogens with two attached hydrogens (primary N) is 1. The molecule has 8 nitrogen and oxygen atoms in total. The summed E-state index contributed by atoms with van der Waals surface area (Å²) in [7, 11) is 0. The fraction of sp³-hybridized carbons (Fsp3) is 0.485. The molecule has 0 bridgehead atoms. The number of rotatable bonds is 6. The van der Waals surface area contributed by atoms with Crippen LogP contribution in [0.1, 0.15) is 47.4 Å². The van der Waals surface area contributed by atoms with Gasteiger partial charge in [0.2, 0.25) is 5.91 Å². The van der Waals surface area contributed by atoms with Crippen molar-refractivity contribution >= 4 is 17.4 Å². The summed E-state index contributed by atoms with van der Waals surface area (Å²) in [4.78, 5) is 29.3. The summed E-state index contributed by atoms with van der Waals surface area (Å²) in [6, 6.07) is 13.5. The number of anilines is 2. The molecule has 3 aliphatic heterocycles. The number of benzene rings is 2. The van der Waals surface area contributed by atoms with Crippen molar-refractivity contribution in [1.82, 2.24) is 14.9 Å². The van der Waals surface area contributed by atoms with Crippen LogP contribution in [0.3, 0.4) is 0 Å². The Kier molecular flexibility index (Phi) is 7.24. The van der Waals surface area contributed by atoms with Gasteiger partial charge in [0, 0.05) is 67.4 Å². The van der Waals surface area contributed by atoms with Crippen LogP contribution in [0.4, 0.5) is 11.5 Å². The molecule has 0 radical (unpaired) electrons. The maximum atomic E-state index is 11.7. The highest BCUT2D eigenvalue weighted by atomic mass is 16.5. The van der Waals surface area contributed by atoms with Crippen molar-refractivity contribution in [2.24, 2.45) is 5.73 Å². The Hall–Kier alpha value is -3.49. The number of primary amides is 1. The number of aromatic nitrogens is 2. The third kappa shape index (κ3) is 5.19. The smallest absolute Gasteiger partial charge is 0.231 e. The van der Waals surface area contributed by atoms with E-state index in [2.05, 4.69) is 85.7 Å². The van der Waals surface area contributed by atoms with E-state index < -0.39 is 0 Å². The molecule has 216 valence electrons. The van der Waals surface area contributed by atoms with Crippen LogP contribution in [0.5, 0.6) is 0 Å². The van der Waals surface area contributed by atoms with Crippen LogP contribution in [-0.4, -0.2) is 72.8 Å². The topological polar surface area (TPSA) is 87.8 Å². The van der Waals surface area contributed by atoms with Crippen LogP contribution in [-0.2, 0) is 27.9 Å². The van der Waals surface area contributed by atoms with Crippen molar-refractivity contribution in [1.29, 1.82) is 0 Å². The molecule has 6 rings (SSSR count). The van der Waals surface area contributed by atoms with Crippen molar-refractivity contribution in [2.75, 3.05) is 55.7 Å². The highest BCUT2D eigenvalue weighted by molar-refractivity contribution is 5.76. The Balaban J connectivity index is 1.39. The lowest BCUT2D eigenvalue weighted by Gasteiger charge is -2.42. The molecule has 2 fully saturated rings. The van der Waals surface area contributed by atoms with Crippen molar-refractivity contribution in [2.45, 2.75) is 59.0 Å². The van der Waals surface area contributed by atoms with Gasteiger partial charge in [-0.15, -0.1) is 0 Å². The van der Waals surface area contributed by atoms with E-state index in [0.29, 0.717) is 0 Å². The van der Waals surface area contributed by atoms with Gasteiger partial charge in [0.05, 0.1) is 25.5 Å². The zero-order valence-corrected chi connectivity index (χ0v) is 25.0. The molecule has 4 heterocycles. The first-order valence-electron chi connectivity index (χ1n) is 14.8.